The van der Waals surface area contributed by atoms with Crippen molar-refractivity contribution in [1.82, 2.24) is 0 Å². The number of nitrogens with zero attached hydrogens (tertiary/aromatic N) is 1. The Balaban J connectivity index is 2.65. The van der Waals surface area contributed by atoms with Crippen LogP contribution in [-0.2, 0) is 4.79 Å². The Bertz CT molecular complexity index is 402. The molecule has 0 heterocycles. The first kappa shape index (κ1) is 13.5. The van der Waals surface area contributed by atoms with Gasteiger partial charge >= 0.3 is 5.97 Å². The standard InChI is InChI=1S/C13H20N2O2/c1-10-6-4-5-7-11(10)15(3)9-8-13(2,14)12(16)17/h4-7H,8-9,14H2,1-3H3,(H,16,17). The molecule has 0 aliphatic carbocycles. The van der Waals surface area contributed by atoms with Crippen molar-refractivity contribution in [3.05, 3.63) is 29.8 Å². The van der Waals surface area contributed by atoms with E-state index in [2.05, 4.69) is 0 Å². The van der Waals surface area contributed by atoms with Crippen LogP contribution in [-0.4, -0.2) is 30.2 Å². The number of rotatable bonds is 5. The highest BCUT2D eigenvalue weighted by atomic mass is 16.4. The molecule has 4 heteroatoms. The summed E-state index contributed by atoms with van der Waals surface area (Å²) >= 11 is 0. The van der Waals surface area contributed by atoms with Crippen molar-refractivity contribution in [2.45, 2.75) is 25.8 Å². The van der Waals surface area contributed by atoms with Gasteiger partial charge in [0.2, 0.25) is 0 Å². The van der Waals surface area contributed by atoms with Gasteiger partial charge < -0.3 is 15.7 Å². The summed E-state index contributed by atoms with van der Waals surface area (Å²) < 4.78 is 0. The van der Waals surface area contributed by atoms with E-state index >= 15 is 0 Å². The third kappa shape index (κ3) is 3.46. The van der Waals surface area contributed by atoms with Gasteiger partial charge in [0.1, 0.15) is 5.54 Å². The number of carbonyl (C=O) groups is 1. The number of benzene rings is 1. The first-order chi connectivity index (χ1) is 7.84. The Morgan fingerprint density at radius 2 is 2.06 bits per heavy atom. The number of hydrogen-bond donors (Lipinski definition) is 2. The number of para-hydroxylation sites is 1. The first-order valence-electron chi connectivity index (χ1n) is 5.63. The van der Waals surface area contributed by atoms with Crippen molar-refractivity contribution in [3.8, 4) is 0 Å². The average Bonchev–Trinajstić information content (AvgIpc) is 2.26. The van der Waals surface area contributed by atoms with Crippen LogP contribution in [0.5, 0.6) is 0 Å². The molecule has 4 nitrogen and oxygen atoms in total. The number of hydrogen-bond acceptors (Lipinski definition) is 3. The molecule has 1 atom stereocenters. The quantitative estimate of drug-likeness (QED) is 0.815. The van der Waals surface area contributed by atoms with Gasteiger partial charge in [-0.1, -0.05) is 18.2 Å². The SMILES string of the molecule is Cc1ccccc1N(C)CCC(C)(N)C(=O)O. The molecule has 1 aromatic rings. The van der Waals surface area contributed by atoms with Gasteiger partial charge in [0, 0.05) is 19.3 Å². The van der Waals surface area contributed by atoms with Gasteiger partial charge in [0.05, 0.1) is 0 Å². The minimum absolute atomic E-state index is 0.410. The molecule has 0 aliphatic rings. The number of aliphatic carboxylic acids is 1. The van der Waals surface area contributed by atoms with E-state index in [0.717, 1.165) is 5.69 Å². The number of nitrogens with two attached hydrogens (primary N) is 1. The zero-order valence-electron chi connectivity index (χ0n) is 10.6. The Morgan fingerprint density at radius 1 is 1.47 bits per heavy atom. The van der Waals surface area contributed by atoms with E-state index in [4.69, 9.17) is 10.8 Å². The summed E-state index contributed by atoms with van der Waals surface area (Å²) in [5, 5.41) is 8.94. The summed E-state index contributed by atoms with van der Waals surface area (Å²) in [7, 11) is 1.94. The average molecular weight is 236 g/mol. The third-order valence-electron chi connectivity index (χ3n) is 2.98. The lowest BCUT2D eigenvalue weighted by Gasteiger charge is -2.26. The van der Waals surface area contributed by atoms with Crippen LogP contribution >= 0.6 is 0 Å². The smallest absolute Gasteiger partial charge is 0.323 e. The van der Waals surface area contributed by atoms with E-state index in [-0.39, 0.29) is 0 Å². The summed E-state index contributed by atoms with van der Waals surface area (Å²) in [5.41, 5.74) is 6.80. The van der Waals surface area contributed by atoms with Crippen LogP contribution in [0.3, 0.4) is 0 Å². The monoisotopic (exact) mass is 236 g/mol. The maximum absolute atomic E-state index is 10.9. The van der Waals surface area contributed by atoms with Crippen molar-refractivity contribution < 1.29 is 9.90 Å². The van der Waals surface area contributed by atoms with Gasteiger partial charge in [0.25, 0.3) is 0 Å². The second-order valence-electron chi connectivity index (χ2n) is 4.68. The number of anilines is 1. The second kappa shape index (κ2) is 5.19. The number of carboxylic acids is 1. The lowest BCUT2D eigenvalue weighted by molar-refractivity contribution is -0.142. The minimum Gasteiger partial charge on any atom is -0.480 e. The fourth-order valence-electron chi connectivity index (χ4n) is 1.62. The van der Waals surface area contributed by atoms with Crippen LogP contribution in [0.25, 0.3) is 0 Å². The highest BCUT2D eigenvalue weighted by Crippen LogP contribution is 2.19. The Labute approximate surface area is 102 Å². The summed E-state index contributed by atoms with van der Waals surface area (Å²) in [4.78, 5) is 12.9. The minimum atomic E-state index is -1.17. The van der Waals surface area contributed by atoms with Crippen LogP contribution in [0.4, 0.5) is 5.69 Å². The highest BCUT2D eigenvalue weighted by Gasteiger charge is 2.27. The van der Waals surface area contributed by atoms with E-state index < -0.39 is 11.5 Å². The fourth-order valence-corrected chi connectivity index (χ4v) is 1.62. The van der Waals surface area contributed by atoms with Crippen LogP contribution in [0.2, 0.25) is 0 Å². The van der Waals surface area contributed by atoms with Gasteiger partial charge in [-0.15, -0.1) is 0 Å². The van der Waals surface area contributed by atoms with Crippen LogP contribution < -0.4 is 10.6 Å². The van der Waals surface area contributed by atoms with Gasteiger partial charge in [-0.05, 0) is 31.9 Å². The molecule has 0 fully saturated rings. The lowest BCUT2D eigenvalue weighted by Crippen LogP contribution is -2.47. The predicted octanol–water partition coefficient (Wildman–Crippen LogP) is 1.62. The van der Waals surface area contributed by atoms with Gasteiger partial charge in [-0.25, -0.2) is 0 Å². The van der Waals surface area contributed by atoms with Gasteiger partial charge in [-0.3, -0.25) is 4.79 Å². The number of carboxylic acid groups (broad SMARTS) is 1. The Kier molecular flexibility index (Phi) is 4.12. The van der Waals surface area contributed by atoms with E-state index in [0.29, 0.717) is 13.0 Å². The molecule has 0 saturated carbocycles. The van der Waals surface area contributed by atoms with E-state index in [1.807, 2.05) is 43.1 Å². The van der Waals surface area contributed by atoms with Crippen LogP contribution in [0.1, 0.15) is 18.9 Å². The van der Waals surface area contributed by atoms with Crippen molar-refractivity contribution in [2.24, 2.45) is 5.73 Å². The normalized spacial score (nSPS) is 14.1. The molecule has 0 spiro atoms. The molecule has 1 unspecified atom stereocenters. The second-order valence-corrected chi connectivity index (χ2v) is 4.68. The molecule has 94 valence electrons. The molecule has 0 aromatic heterocycles. The predicted molar refractivity (Wildman–Crippen MR) is 69.3 cm³/mol. The zero-order chi connectivity index (χ0) is 13.1. The summed E-state index contributed by atoms with van der Waals surface area (Å²) in [6, 6.07) is 8.00. The Hall–Kier alpha value is -1.55. The summed E-state index contributed by atoms with van der Waals surface area (Å²) in [5.74, 6) is -0.962. The largest absolute Gasteiger partial charge is 0.480 e. The molecular formula is C13H20N2O2. The maximum Gasteiger partial charge on any atom is 0.323 e. The fraction of sp³-hybridized carbons (Fsp3) is 0.462. The van der Waals surface area contributed by atoms with Gasteiger partial charge in [-0.2, -0.15) is 0 Å². The molecule has 1 rings (SSSR count). The van der Waals surface area contributed by atoms with E-state index in [1.165, 1.54) is 5.56 Å². The van der Waals surface area contributed by atoms with Crippen molar-refractivity contribution in [2.75, 3.05) is 18.5 Å². The molecule has 1 aromatic carbocycles. The van der Waals surface area contributed by atoms with E-state index in [9.17, 15) is 4.79 Å². The van der Waals surface area contributed by atoms with Gasteiger partial charge in [0.15, 0.2) is 0 Å². The topological polar surface area (TPSA) is 66.6 Å². The molecule has 0 bridgehead atoms. The molecule has 0 saturated heterocycles. The Morgan fingerprint density at radius 3 is 2.59 bits per heavy atom. The van der Waals surface area contributed by atoms with Crippen LogP contribution in [0.15, 0.2) is 24.3 Å². The lowest BCUT2D eigenvalue weighted by atomic mass is 9.99. The molecule has 0 aliphatic heterocycles. The van der Waals surface area contributed by atoms with Crippen LogP contribution in [0, 0.1) is 6.92 Å². The molecule has 17 heavy (non-hydrogen) atoms. The van der Waals surface area contributed by atoms with Crippen molar-refractivity contribution in [3.63, 3.8) is 0 Å². The molecule has 0 radical (unpaired) electrons. The zero-order valence-corrected chi connectivity index (χ0v) is 10.6. The number of aryl methyl sites for hydroxylation is 1. The first-order valence-corrected chi connectivity index (χ1v) is 5.63. The third-order valence-corrected chi connectivity index (χ3v) is 2.98. The summed E-state index contributed by atoms with van der Waals surface area (Å²) in [6.45, 7) is 4.19. The van der Waals surface area contributed by atoms with Crippen molar-refractivity contribution in [1.29, 1.82) is 0 Å². The summed E-state index contributed by atoms with van der Waals surface area (Å²) in [6.07, 6.45) is 0.410. The molecule has 3 N–H and O–H groups in total. The maximum atomic E-state index is 10.9. The molecular weight excluding hydrogens is 216 g/mol. The highest BCUT2D eigenvalue weighted by molar-refractivity contribution is 5.77. The molecule has 0 amide bonds. The van der Waals surface area contributed by atoms with E-state index in [1.54, 1.807) is 6.92 Å². The van der Waals surface area contributed by atoms with Crippen molar-refractivity contribution >= 4 is 11.7 Å².